The Morgan fingerprint density at radius 3 is 2.70 bits per heavy atom. The molecule has 112 valence electrons. The second kappa shape index (κ2) is 7.62. The fourth-order valence-electron chi connectivity index (χ4n) is 2.52. The van der Waals surface area contributed by atoms with Gasteiger partial charge >= 0.3 is 0 Å². The van der Waals surface area contributed by atoms with Gasteiger partial charge in [0, 0.05) is 13.7 Å². The number of rotatable bonds is 4. The predicted octanol–water partition coefficient (Wildman–Crippen LogP) is 1.80. The molecule has 1 fully saturated rings. The van der Waals surface area contributed by atoms with Gasteiger partial charge in [0.05, 0.1) is 0 Å². The molecule has 1 aromatic rings. The van der Waals surface area contributed by atoms with E-state index < -0.39 is 5.60 Å². The Bertz CT molecular complexity index is 445. The Labute approximate surface area is 126 Å². The van der Waals surface area contributed by atoms with Crippen molar-refractivity contribution in [1.82, 2.24) is 10.6 Å². The zero-order valence-corrected chi connectivity index (χ0v) is 12.9. The van der Waals surface area contributed by atoms with E-state index in [4.69, 9.17) is 4.74 Å². The van der Waals surface area contributed by atoms with Crippen molar-refractivity contribution in [2.75, 3.05) is 20.2 Å². The van der Waals surface area contributed by atoms with Crippen molar-refractivity contribution in [3.8, 4) is 0 Å². The highest BCUT2D eigenvalue weighted by Gasteiger charge is 2.39. The topological polar surface area (TPSA) is 50.4 Å². The van der Waals surface area contributed by atoms with Crippen LogP contribution in [0.3, 0.4) is 0 Å². The number of amides is 1. The molecule has 0 aliphatic carbocycles. The molecule has 5 heteroatoms. The molecule has 1 heterocycles. The van der Waals surface area contributed by atoms with Crippen molar-refractivity contribution in [3.05, 3.63) is 35.4 Å². The Morgan fingerprint density at radius 2 is 2.10 bits per heavy atom. The van der Waals surface area contributed by atoms with Crippen molar-refractivity contribution < 1.29 is 9.53 Å². The third kappa shape index (κ3) is 3.95. The third-order valence-corrected chi connectivity index (χ3v) is 3.75. The maximum Gasteiger partial charge on any atom is 0.252 e. The van der Waals surface area contributed by atoms with Crippen LogP contribution in [0.2, 0.25) is 0 Å². The summed E-state index contributed by atoms with van der Waals surface area (Å²) < 4.78 is 5.50. The molecule has 1 aliphatic rings. The normalized spacial score (nSPS) is 17.1. The standard InChI is InChI=1S/C15H22N2O2.ClH/c1-12-4-3-5-13(10-12)11-17-14(18)15(19-2)6-8-16-9-7-15;/h3-5,10,16H,6-9,11H2,1-2H3,(H,17,18);1H. The van der Waals surface area contributed by atoms with Gasteiger partial charge in [0.25, 0.3) is 5.91 Å². The summed E-state index contributed by atoms with van der Waals surface area (Å²) in [4.78, 5) is 12.3. The molecule has 0 bridgehead atoms. The van der Waals surface area contributed by atoms with Gasteiger partial charge in [0.2, 0.25) is 0 Å². The molecule has 0 unspecified atom stereocenters. The van der Waals surface area contributed by atoms with Crippen LogP contribution in [0.5, 0.6) is 0 Å². The van der Waals surface area contributed by atoms with E-state index in [2.05, 4.69) is 29.7 Å². The average Bonchev–Trinajstić information content (AvgIpc) is 2.45. The summed E-state index contributed by atoms with van der Waals surface area (Å²) in [5.74, 6) is -0.00185. The first-order valence-electron chi connectivity index (χ1n) is 6.76. The molecular formula is C15H23ClN2O2. The molecule has 20 heavy (non-hydrogen) atoms. The van der Waals surface area contributed by atoms with Gasteiger partial charge in [0.15, 0.2) is 0 Å². The molecule has 1 saturated heterocycles. The number of aryl methyl sites for hydroxylation is 1. The van der Waals surface area contributed by atoms with Crippen LogP contribution < -0.4 is 10.6 Å². The van der Waals surface area contributed by atoms with Gasteiger partial charge in [-0.25, -0.2) is 0 Å². The number of hydrogen-bond acceptors (Lipinski definition) is 3. The van der Waals surface area contributed by atoms with E-state index >= 15 is 0 Å². The van der Waals surface area contributed by atoms with Crippen LogP contribution in [0.15, 0.2) is 24.3 Å². The Kier molecular flexibility index (Phi) is 6.46. The lowest BCUT2D eigenvalue weighted by atomic mass is 9.91. The van der Waals surface area contributed by atoms with Gasteiger partial charge in [-0.2, -0.15) is 0 Å². The van der Waals surface area contributed by atoms with Crippen LogP contribution in [0.1, 0.15) is 24.0 Å². The smallest absolute Gasteiger partial charge is 0.252 e. The van der Waals surface area contributed by atoms with Crippen LogP contribution >= 0.6 is 12.4 Å². The second-order valence-corrected chi connectivity index (χ2v) is 5.12. The number of carbonyl (C=O) groups is 1. The third-order valence-electron chi connectivity index (χ3n) is 3.75. The summed E-state index contributed by atoms with van der Waals surface area (Å²) in [6.45, 7) is 4.26. The van der Waals surface area contributed by atoms with Crippen molar-refractivity contribution in [2.24, 2.45) is 0 Å². The summed E-state index contributed by atoms with van der Waals surface area (Å²) >= 11 is 0. The maximum atomic E-state index is 12.3. The lowest BCUT2D eigenvalue weighted by Gasteiger charge is -2.34. The zero-order valence-electron chi connectivity index (χ0n) is 12.1. The number of carbonyl (C=O) groups excluding carboxylic acids is 1. The first-order chi connectivity index (χ1) is 9.16. The monoisotopic (exact) mass is 298 g/mol. The molecular weight excluding hydrogens is 276 g/mol. The van der Waals surface area contributed by atoms with Gasteiger partial charge in [-0.1, -0.05) is 29.8 Å². The van der Waals surface area contributed by atoms with Crippen LogP contribution in [0.4, 0.5) is 0 Å². The average molecular weight is 299 g/mol. The SMILES string of the molecule is COC1(C(=O)NCc2cccc(C)c2)CCNCC1.Cl. The highest BCUT2D eigenvalue weighted by molar-refractivity contribution is 5.85. The molecule has 0 atom stereocenters. The quantitative estimate of drug-likeness (QED) is 0.891. The fourth-order valence-corrected chi connectivity index (χ4v) is 2.52. The van der Waals surface area contributed by atoms with Crippen LogP contribution in [0.25, 0.3) is 0 Å². The van der Waals surface area contributed by atoms with E-state index in [0.717, 1.165) is 31.5 Å². The Hall–Kier alpha value is -1.10. The fraction of sp³-hybridized carbons (Fsp3) is 0.533. The van der Waals surface area contributed by atoms with Gasteiger partial charge in [-0.3, -0.25) is 4.79 Å². The Morgan fingerprint density at radius 1 is 1.40 bits per heavy atom. The van der Waals surface area contributed by atoms with Crippen molar-refractivity contribution in [3.63, 3.8) is 0 Å². The summed E-state index contributed by atoms with van der Waals surface area (Å²) in [6.07, 6.45) is 1.45. The number of benzene rings is 1. The molecule has 1 aromatic carbocycles. The van der Waals surface area contributed by atoms with E-state index in [1.165, 1.54) is 5.56 Å². The molecule has 2 rings (SSSR count). The first-order valence-corrected chi connectivity index (χ1v) is 6.76. The number of halogens is 1. The molecule has 0 spiro atoms. The maximum absolute atomic E-state index is 12.3. The minimum absolute atomic E-state index is 0. The van der Waals surface area contributed by atoms with E-state index in [1.807, 2.05) is 12.1 Å². The van der Waals surface area contributed by atoms with Crippen molar-refractivity contribution in [1.29, 1.82) is 0 Å². The van der Waals surface area contributed by atoms with Crippen LogP contribution in [-0.2, 0) is 16.1 Å². The Balaban J connectivity index is 0.00000200. The molecule has 1 aliphatic heterocycles. The number of piperidine rings is 1. The first kappa shape index (κ1) is 17.0. The van der Waals surface area contributed by atoms with E-state index in [0.29, 0.717) is 6.54 Å². The number of hydrogen-bond donors (Lipinski definition) is 2. The highest BCUT2D eigenvalue weighted by Crippen LogP contribution is 2.22. The largest absolute Gasteiger partial charge is 0.368 e. The number of methoxy groups -OCH3 is 1. The van der Waals surface area contributed by atoms with Gasteiger partial charge in [-0.15, -0.1) is 12.4 Å². The summed E-state index contributed by atoms with van der Waals surface area (Å²) in [6, 6.07) is 8.17. The van der Waals surface area contributed by atoms with Crippen molar-refractivity contribution in [2.45, 2.75) is 31.9 Å². The van der Waals surface area contributed by atoms with Crippen molar-refractivity contribution >= 4 is 18.3 Å². The highest BCUT2D eigenvalue weighted by atomic mass is 35.5. The lowest BCUT2D eigenvalue weighted by Crippen LogP contribution is -2.53. The zero-order chi connectivity index (χ0) is 13.7. The lowest BCUT2D eigenvalue weighted by molar-refractivity contribution is -0.146. The molecule has 0 saturated carbocycles. The van der Waals surface area contributed by atoms with Crippen LogP contribution in [0, 0.1) is 6.92 Å². The van der Waals surface area contributed by atoms with Gasteiger partial charge in [0.1, 0.15) is 5.60 Å². The van der Waals surface area contributed by atoms with E-state index in [-0.39, 0.29) is 18.3 Å². The molecule has 1 amide bonds. The van der Waals surface area contributed by atoms with Gasteiger partial charge in [-0.05, 0) is 38.4 Å². The summed E-state index contributed by atoms with van der Waals surface area (Å²) in [7, 11) is 1.62. The second-order valence-electron chi connectivity index (χ2n) is 5.12. The summed E-state index contributed by atoms with van der Waals surface area (Å²) in [5, 5.41) is 6.25. The molecule has 0 radical (unpaired) electrons. The van der Waals surface area contributed by atoms with Crippen LogP contribution in [-0.4, -0.2) is 31.7 Å². The van der Waals surface area contributed by atoms with E-state index in [9.17, 15) is 4.79 Å². The molecule has 4 nitrogen and oxygen atoms in total. The minimum atomic E-state index is -0.658. The van der Waals surface area contributed by atoms with E-state index in [1.54, 1.807) is 7.11 Å². The summed E-state index contributed by atoms with van der Waals surface area (Å²) in [5.41, 5.74) is 1.67. The number of ether oxygens (including phenoxy) is 1. The predicted molar refractivity (Wildman–Crippen MR) is 82.1 cm³/mol. The molecule has 2 N–H and O–H groups in total. The molecule has 0 aromatic heterocycles. The minimum Gasteiger partial charge on any atom is -0.368 e. The van der Waals surface area contributed by atoms with Gasteiger partial charge < -0.3 is 15.4 Å². The number of nitrogens with one attached hydrogen (secondary N) is 2.